The van der Waals surface area contributed by atoms with Gasteiger partial charge in [0, 0.05) is 18.7 Å². The van der Waals surface area contributed by atoms with Gasteiger partial charge in [0.1, 0.15) is 5.69 Å². The molecule has 1 aliphatic rings. The Balaban J connectivity index is 2.02. The molecule has 102 valence electrons. The quantitative estimate of drug-likeness (QED) is 0.741. The Hall–Kier alpha value is -2.31. The maximum absolute atomic E-state index is 11.8. The number of nitrogens with one attached hydrogen (secondary N) is 2. The first-order chi connectivity index (χ1) is 8.97. The highest BCUT2D eigenvalue weighted by atomic mass is 16.4. The molecule has 7 nitrogen and oxygen atoms in total. The maximum Gasteiger partial charge on any atom is 0.354 e. The molecule has 0 saturated carbocycles. The first-order valence-electron chi connectivity index (χ1n) is 5.98. The predicted molar refractivity (Wildman–Crippen MR) is 66.9 cm³/mol. The Bertz CT molecular complexity index is 535. The minimum Gasteiger partial charge on any atom is -0.477 e. The number of nitrogens with zero attached hydrogens (tertiary/aromatic N) is 1. The van der Waals surface area contributed by atoms with Crippen molar-refractivity contribution in [3.05, 3.63) is 17.5 Å². The molecular formula is C12H15N3O4. The third-order valence-corrected chi connectivity index (χ3v) is 2.95. The normalized spacial score (nSPS) is 14.8. The van der Waals surface area contributed by atoms with Gasteiger partial charge in [-0.2, -0.15) is 0 Å². The van der Waals surface area contributed by atoms with Crippen molar-refractivity contribution in [3.8, 4) is 0 Å². The maximum atomic E-state index is 11.8. The van der Waals surface area contributed by atoms with Gasteiger partial charge in [-0.3, -0.25) is 9.59 Å². The summed E-state index contributed by atoms with van der Waals surface area (Å²) in [5.74, 6) is -1.57. The van der Waals surface area contributed by atoms with Crippen molar-refractivity contribution >= 4 is 23.5 Å². The Kier molecular flexibility index (Phi) is 3.55. The van der Waals surface area contributed by atoms with Crippen molar-refractivity contribution in [2.75, 3.05) is 18.4 Å². The number of aromatic nitrogens is 1. The molecule has 0 radical (unpaired) electrons. The van der Waals surface area contributed by atoms with E-state index in [0.717, 1.165) is 6.42 Å². The number of carbonyl (C=O) groups excluding carboxylic acids is 2. The summed E-state index contributed by atoms with van der Waals surface area (Å²) in [6.07, 6.45) is 1.23. The van der Waals surface area contributed by atoms with Crippen LogP contribution >= 0.6 is 0 Å². The van der Waals surface area contributed by atoms with Gasteiger partial charge in [0.15, 0.2) is 0 Å². The van der Waals surface area contributed by atoms with E-state index in [1.54, 1.807) is 13.0 Å². The molecule has 1 aromatic rings. The molecule has 0 aromatic carbocycles. The van der Waals surface area contributed by atoms with Crippen molar-refractivity contribution in [1.29, 1.82) is 0 Å². The van der Waals surface area contributed by atoms with E-state index in [4.69, 9.17) is 5.11 Å². The van der Waals surface area contributed by atoms with Crippen LogP contribution in [0.25, 0.3) is 0 Å². The Labute approximate surface area is 109 Å². The van der Waals surface area contributed by atoms with Gasteiger partial charge in [0.05, 0.1) is 12.2 Å². The van der Waals surface area contributed by atoms with Crippen LogP contribution in [0.1, 0.15) is 29.0 Å². The van der Waals surface area contributed by atoms with Gasteiger partial charge in [0.2, 0.25) is 11.8 Å². The highest BCUT2D eigenvalue weighted by Crippen LogP contribution is 2.17. The van der Waals surface area contributed by atoms with Gasteiger partial charge in [-0.15, -0.1) is 0 Å². The minimum atomic E-state index is -1.14. The van der Waals surface area contributed by atoms with E-state index in [2.05, 4.69) is 10.3 Å². The van der Waals surface area contributed by atoms with Crippen LogP contribution in [0.2, 0.25) is 0 Å². The predicted octanol–water partition coefficient (Wildman–Crippen LogP) is 0.582. The zero-order valence-electron chi connectivity index (χ0n) is 10.5. The number of aryl methyl sites for hydroxylation is 1. The van der Waals surface area contributed by atoms with Crippen molar-refractivity contribution in [2.24, 2.45) is 0 Å². The van der Waals surface area contributed by atoms with E-state index in [1.165, 1.54) is 4.90 Å². The molecule has 2 heterocycles. The second-order valence-electron chi connectivity index (χ2n) is 4.51. The number of rotatable bonds is 4. The molecule has 1 aliphatic heterocycles. The number of carbonyl (C=O) groups is 3. The number of H-pyrrole nitrogens is 1. The molecule has 2 amide bonds. The van der Waals surface area contributed by atoms with Gasteiger partial charge >= 0.3 is 5.97 Å². The van der Waals surface area contributed by atoms with Crippen LogP contribution in [-0.4, -0.2) is 45.9 Å². The zero-order chi connectivity index (χ0) is 14.0. The van der Waals surface area contributed by atoms with E-state index >= 15 is 0 Å². The van der Waals surface area contributed by atoms with Gasteiger partial charge in [-0.1, -0.05) is 0 Å². The van der Waals surface area contributed by atoms with Crippen LogP contribution in [0.4, 0.5) is 5.69 Å². The second kappa shape index (κ2) is 5.13. The molecule has 1 fully saturated rings. The Morgan fingerprint density at radius 2 is 2.26 bits per heavy atom. The lowest BCUT2D eigenvalue weighted by molar-refractivity contribution is -0.131. The molecule has 19 heavy (non-hydrogen) atoms. The molecular weight excluding hydrogens is 250 g/mol. The van der Waals surface area contributed by atoms with Gasteiger partial charge < -0.3 is 20.3 Å². The van der Waals surface area contributed by atoms with Crippen molar-refractivity contribution in [2.45, 2.75) is 19.8 Å². The highest BCUT2D eigenvalue weighted by molar-refractivity contribution is 6.01. The van der Waals surface area contributed by atoms with E-state index in [1.807, 2.05) is 0 Å². The monoisotopic (exact) mass is 265 g/mol. The molecule has 0 bridgehead atoms. The van der Waals surface area contributed by atoms with Crippen LogP contribution in [0.5, 0.6) is 0 Å². The molecule has 1 aromatic heterocycles. The number of amides is 2. The van der Waals surface area contributed by atoms with E-state index < -0.39 is 11.9 Å². The molecule has 2 rings (SSSR count). The fraction of sp³-hybridized carbons (Fsp3) is 0.417. The molecule has 0 spiro atoms. The molecule has 0 aliphatic carbocycles. The second-order valence-corrected chi connectivity index (χ2v) is 4.51. The third-order valence-electron chi connectivity index (χ3n) is 2.95. The van der Waals surface area contributed by atoms with Crippen molar-refractivity contribution < 1.29 is 19.5 Å². The zero-order valence-corrected chi connectivity index (χ0v) is 10.5. The summed E-state index contributed by atoms with van der Waals surface area (Å²) in [6.45, 7) is 2.23. The fourth-order valence-electron chi connectivity index (χ4n) is 2.09. The van der Waals surface area contributed by atoms with Gasteiger partial charge in [-0.25, -0.2) is 4.79 Å². The number of hydrogen-bond donors (Lipinski definition) is 3. The number of hydrogen-bond acceptors (Lipinski definition) is 3. The highest BCUT2D eigenvalue weighted by Gasteiger charge is 2.23. The molecule has 0 unspecified atom stereocenters. The Morgan fingerprint density at radius 1 is 1.53 bits per heavy atom. The van der Waals surface area contributed by atoms with E-state index in [9.17, 15) is 14.4 Å². The molecule has 7 heteroatoms. The van der Waals surface area contributed by atoms with Crippen molar-refractivity contribution in [1.82, 2.24) is 9.88 Å². The lowest BCUT2D eigenvalue weighted by Crippen LogP contribution is -2.34. The molecule has 3 N–H and O–H groups in total. The van der Waals surface area contributed by atoms with E-state index in [0.29, 0.717) is 18.7 Å². The van der Waals surface area contributed by atoms with Gasteiger partial charge in [0.25, 0.3) is 0 Å². The number of carboxylic acids is 1. The van der Waals surface area contributed by atoms with Crippen LogP contribution in [0.3, 0.4) is 0 Å². The number of aromatic amines is 1. The lowest BCUT2D eigenvalue weighted by Gasteiger charge is -2.14. The molecule has 1 saturated heterocycles. The van der Waals surface area contributed by atoms with Crippen LogP contribution in [0.15, 0.2) is 6.07 Å². The smallest absolute Gasteiger partial charge is 0.354 e. The summed E-state index contributed by atoms with van der Waals surface area (Å²) in [5, 5.41) is 11.5. The van der Waals surface area contributed by atoms with Gasteiger partial charge in [-0.05, 0) is 19.4 Å². The summed E-state index contributed by atoms with van der Waals surface area (Å²) in [6, 6.07) is 1.55. The SMILES string of the molecule is Cc1cc(NC(=O)CN2CCCC2=O)c(C(=O)O)[nH]1. The number of carboxylic acid groups (broad SMARTS) is 1. The summed E-state index contributed by atoms with van der Waals surface area (Å²) in [5.41, 5.74) is 0.810. The van der Waals surface area contributed by atoms with E-state index in [-0.39, 0.29) is 23.8 Å². The van der Waals surface area contributed by atoms with Crippen molar-refractivity contribution in [3.63, 3.8) is 0 Å². The largest absolute Gasteiger partial charge is 0.477 e. The summed E-state index contributed by atoms with van der Waals surface area (Å²) in [4.78, 5) is 38.3. The average Bonchev–Trinajstić information content (AvgIpc) is 2.86. The summed E-state index contributed by atoms with van der Waals surface area (Å²) >= 11 is 0. The Morgan fingerprint density at radius 3 is 2.84 bits per heavy atom. The van der Waals surface area contributed by atoms with Crippen LogP contribution in [0, 0.1) is 6.92 Å². The number of aromatic carboxylic acids is 1. The molecule has 0 atom stereocenters. The number of anilines is 1. The first-order valence-corrected chi connectivity index (χ1v) is 5.98. The topological polar surface area (TPSA) is 102 Å². The minimum absolute atomic E-state index is 0.0396. The number of likely N-dealkylation sites (tertiary alicyclic amines) is 1. The standard InChI is InChI=1S/C12H15N3O4/c1-7-5-8(11(13-7)12(18)19)14-9(16)6-15-4-2-3-10(15)17/h5,13H,2-4,6H2,1H3,(H,14,16)(H,18,19). The summed E-state index contributed by atoms with van der Waals surface area (Å²) < 4.78 is 0. The summed E-state index contributed by atoms with van der Waals surface area (Å²) in [7, 11) is 0. The fourth-order valence-corrected chi connectivity index (χ4v) is 2.09. The van der Waals surface area contributed by atoms with Crippen LogP contribution < -0.4 is 5.32 Å². The van der Waals surface area contributed by atoms with Crippen LogP contribution in [-0.2, 0) is 9.59 Å². The lowest BCUT2D eigenvalue weighted by atomic mass is 10.3. The first kappa shape index (κ1) is 13.1. The average molecular weight is 265 g/mol. The third kappa shape index (κ3) is 2.93.